The van der Waals surface area contributed by atoms with Crippen molar-refractivity contribution < 1.29 is 9.53 Å². The molecule has 2 heterocycles. The van der Waals surface area contributed by atoms with E-state index in [-0.39, 0.29) is 12.0 Å². The number of carbonyl (C=O) groups is 1. The molecule has 1 aliphatic heterocycles. The average Bonchev–Trinajstić information content (AvgIpc) is 2.98. The molecule has 20 heavy (non-hydrogen) atoms. The van der Waals surface area contributed by atoms with Gasteiger partial charge in [0.1, 0.15) is 4.88 Å². The normalized spacial score (nSPS) is 22.4. The average molecular weight is 295 g/mol. The van der Waals surface area contributed by atoms with E-state index >= 15 is 0 Å². The third-order valence-electron chi connectivity index (χ3n) is 3.93. The molecule has 5 nitrogen and oxygen atoms in total. The van der Waals surface area contributed by atoms with Gasteiger partial charge in [0.15, 0.2) is 0 Å². The topological polar surface area (TPSA) is 55.3 Å². The number of hydrogen-bond acceptors (Lipinski definition) is 5. The molecular weight excluding hydrogens is 274 g/mol. The van der Waals surface area contributed by atoms with Crippen molar-refractivity contribution in [2.75, 3.05) is 19.7 Å². The Morgan fingerprint density at radius 2 is 2.30 bits per heavy atom. The van der Waals surface area contributed by atoms with Gasteiger partial charge in [0.2, 0.25) is 0 Å². The van der Waals surface area contributed by atoms with Crippen molar-refractivity contribution in [1.29, 1.82) is 0 Å². The van der Waals surface area contributed by atoms with Gasteiger partial charge in [0, 0.05) is 19.7 Å². The molecule has 2 aliphatic rings. The number of aromatic nitrogens is 2. The van der Waals surface area contributed by atoms with E-state index in [2.05, 4.69) is 16.5 Å². The molecule has 1 unspecified atom stereocenters. The zero-order chi connectivity index (χ0) is 13.9. The summed E-state index contributed by atoms with van der Waals surface area (Å²) in [6.07, 6.45) is 5.60. The van der Waals surface area contributed by atoms with Gasteiger partial charge in [-0.3, -0.25) is 4.79 Å². The van der Waals surface area contributed by atoms with Gasteiger partial charge >= 0.3 is 0 Å². The van der Waals surface area contributed by atoms with Crippen molar-refractivity contribution in [1.82, 2.24) is 14.5 Å². The second kappa shape index (κ2) is 6.18. The first-order chi connectivity index (χ1) is 9.78. The number of ether oxygens (including phenoxy) is 1. The number of aryl methyl sites for hydroxylation is 1. The first-order valence-electron chi connectivity index (χ1n) is 7.50. The SMILES string of the molecule is CCCc1nnsc1C(=O)N1CCC(OCC2CC2)C1. The van der Waals surface area contributed by atoms with E-state index in [1.807, 2.05) is 4.90 Å². The molecule has 0 aromatic carbocycles. The number of hydrogen-bond donors (Lipinski definition) is 0. The molecule has 1 saturated carbocycles. The predicted octanol–water partition coefficient (Wildman–Crippen LogP) is 2.13. The Kier molecular flexibility index (Phi) is 4.31. The van der Waals surface area contributed by atoms with Gasteiger partial charge in [-0.25, -0.2) is 0 Å². The minimum absolute atomic E-state index is 0.0842. The number of carbonyl (C=O) groups excluding carboxylic acids is 1. The summed E-state index contributed by atoms with van der Waals surface area (Å²) in [6.45, 7) is 4.47. The van der Waals surface area contributed by atoms with Crippen LogP contribution in [0.1, 0.15) is 48.0 Å². The number of nitrogens with zero attached hydrogens (tertiary/aromatic N) is 3. The Labute approximate surface area is 123 Å². The standard InChI is InChI=1S/C14H21N3O2S/c1-2-3-12-13(20-16-15-12)14(18)17-7-6-11(8-17)19-9-10-4-5-10/h10-11H,2-9H2,1H3. The maximum absolute atomic E-state index is 12.5. The molecule has 1 atom stereocenters. The van der Waals surface area contributed by atoms with Gasteiger partial charge in [-0.15, -0.1) is 5.10 Å². The largest absolute Gasteiger partial charge is 0.376 e. The number of likely N-dealkylation sites (tertiary alicyclic amines) is 1. The van der Waals surface area contributed by atoms with Crippen LogP contribution in [-0.2, 0) is 11.2 Å². The van der Waals surface area contributed by atoms with Crippen LogP contribution in [0.3, 0.4) is 0 Å². The van der Waals surface area contributed by atoms with Gasteiger partial charge in [-0.2, -0.15) is 0 Å². The Morgan fingerprint density at radius 3 is 3.05 bits per heavy atom. The summed E-state index contributed by atoms with van der Waals surface area (Å²) in [5.41, 5.74) is 0.852. The van der Waals surface area contributed by atoms with Crippen molar-refractivity contribution in [3.8, 4) is 0 Å². The molecule has 3 rings (SSSR count). The van der Waals surface area contributed by atoms with Crippen molar-refractivity contribution in [2.24, 2.45) is 5.92 Å². The highest BCUT2D eigenvalue weighted by molar-refractivity contribution is 7.08. The summed E-state index contributed by atoms with van der Waals surface area (Å²) in [5.74, 6) is 0.863. The van der Waals surface area contributed by atoms with E-state index in [1.54, 1.807) is 0 Å². The Morgan fingerprint density at radius 1 is 1.45 bits per heavy atom. The molecular formula is C14H21N3O2S. The van der Waals surface area contributed by atoms with E-state index in [0.717, 1.165) is 55.4 Å². The fraction of sp³-hybridized carbons (Fsp3) is 0.786. The highest BCUT2D eigenvalue weighted by Gasteiger charge is 2.31. The summed E-state index contributed by atoms with van der Waals surface area (Å²) < 4.78 is 9.81. The molecule has 0 bridgehead atoms. The van der Waals surface area contributed by atoms with Crippen LogP contribution in [-0.4, -0.2) is 46.2 Å². The third kappa shape index (κ3) is 3.17. The summed E-state index contributed by atoms with van der Waals surface area (Å²) in [5, 5.41) is 4.07. The van der Waals surface area contributed by atoms with Crippen LogP contribution in [0.2, 0.25) is 0 Å². The van der Waals surface area contributed by atoms with E-state index in [1.165, 1.54) is 24.4 Å². The molecule has 0 radical (unpaired) electrons. The van der Waals surface area contributed by atoms with Crippen LogP contribution < -0.4 is 0 Å². The second-order valence-electron chi connectivity index (χ2n) is 5.74. The molecule has 1 aliphatic carbocycles. The lowest BCUT2D eigenvalue weighted by atomic mass is 10.2. The zero-order valence-corrected chi connectivity index (χ0v) is 12.7. The molecule has 2 fully saturated rings. The van der Waals surface area contributed by atoms with Crippen LogP contribution in [0.15, 0.2) is 0 Å². The third-order valence-corrected chi connectivity index (χ3v) is 4.69. The van der Waals surface area contributed by atoms with Crippen LogP contribution in [0.25, 0.3) is 0 Å². The minimum atomic E-state index is 0.0842. The molecule has 0 N–H and O–H groups in total. The first kappa shape index (κ1) is 13.9. The van der Waals surface area contributed by atoms with Gasteiger partial charge < -0.3 is 9.64 Å². The van der Waals surface area contributed by atoms with Crippen LogP contribution in [0.5, 0.6) is 0 Å². The first-order valence-corrected chi connectivity index (χ1v) is 8.27. The van der Waals surface area contributed by atoms with Crippen molar-refractivity contribution >= 4 is 17.4 Å². The summed E-state index contributed by atoms with van der Waals surface area (Å²) in [4.78, 5) is 15.1. The van der Waals surface area contributed by atoms with E-state index in [4.69, 9.17) is 4.74 Å². The second-order valence-corrected chi connectivity index (χ2v) is 6.49. The van der Waals surface area contributed by atoms with Crippen molar-refractivity contribution in [2.45, 2.75) is 45.1 Å². The predicted molar refractivity (Wildman–Crippen MR) is 76.9 cm³/mol. The van der Waals surface area contributed by atoms with Crippen molar-refractivity contribution in [3.63, 3.8) is 0 Å². The van der Waals surface area contributed by atoms with Gasteiger partial charge in [-0.05, 0) is 43.1 Å². The number of amides is 1. The lowest BCUT2D eigenvalue weighted by Gasteiger charge is -2.16. The molecule has 1 aromatic rings. The molecule has 110 valence electrons. The summed E-state index contributed by atoms with van der Waals surface area (Å²) >= 11 is 1.22. The fourth-order valence-corrected chi connectivity index (χ4v) is 3.20. The van der Waals surface area contributed by atoms with Crippen LogP contribution in [0.4, 0.5) is 0 Å². The van der Waals surface area contributed by atoms with E-state index < -0.39 is 0 Å². The van der Waals surface area contributed by atoms with Gasteiger partial charge in [0.25, 0.3) is 5.91 Å². The summed E-state index contributed by atoms with van der Waals surface area (Å²) in [7, 11) is 0. The summed E-state index contributed by atoms with van der Waals surface area (Å²) in [6, 6.07) is 0. The molecule has 1 saturated heterocycles. The smallest absolute Gasteiger partial charge is 0.267 e. The molecule has 6 heteroatoms. The Bertz CT molecular complexity index is 473. The Balaban J connectivity index is 1.55. The Hall–Kier alpha value is -1.01. The highest BCUT2D eigenvalue weighted by Crippen LogP contribution is 2.30. The van der Waals surface area contributed by atoms with Crippen molar-refractivity contribution in [3.05, 3.63) is 10.6 Å². The zero-order valence-electron chi connectivity index (χ0n) is 11.9. The lowest BCUT2D eigenvalue weighted by Crippen LogP contribution is -2.30. The van der Waals surface area contributed by atoms with E-state index in [0.29, 0.717) is 0 Å². The fourth-order valence-electron chi connectivity index (χ4n) is 2.52. The van der Waals surface area contributed by atoms with Crippen LogP contribution in [0, 0.1) is 5.92 Å². The van der Waals surface area contributed by atoms with E-state index in [9.17, 15) is 4.79 Å². The monoisotopic (exact) mass is 295 g/mol. The minimum Gasteiger partial charge on any atom is -0.376 e. The maximum Gasteiger partial charge on any atom is 0.267 e. The highest BCUT2D eigenvalue weighted by atomic mass is 32.1. The maximum atomic E-state index is 12.5. The van der Waals surface area contributed by atoms with Gasteiger partial charge in [-0.1, -0.05) is 17.8 Å². The van der Waals surface area contributed by atoms with Gasteiger partial charge in [0.05, 0.1) is 11.8 Å². The van der Waals surface area contributed by atoms with Crippen LogP contribution >= 0.6 is 11.5 Å². The molecule has 1 aromatic heterocycles. The number of rotatable bonds is 6. The molecule has 0 spiro atoms. The molecule has 1 amide bonds. The quantitative estimate of drug-likeness (QED) is 0.807. The lowest BCUT2D eigenvalue weighted by molar-refractivity contribution is 0.0481.